The molecule has 134 valence electrons. The normalized spacial score (nSPS) is 31.3. The number of phenols is 1. The lowest BCUT2D eigenvalue weighted by molar-refractivity contribution is -0.0158. The zero-order valence-corrected chi connectivity index (χ0v) is 15.2. The number of aromatic hydroxyl groups is 1. The molecule has 0 amide bonds. The van der Waals surface area contributed by atoms with Crippen molar-refractivity contribution in [3.8, 4) is 5.75 Å². The minimum atomic E-state index is 0.158. The van der Waals surface area contributed by atoms with E-state index in [0.29, 0.717) is 24.4 Å². The second kappa shape index (κ2) is 6.87. The first-order valence-electron chi connectivity index (χ1n) is 9.67. The lowest BCUT2D eigenvalue weighted by atomic mass is 9.77. The molecule has 3 aliphatic rings. The predicted molar refractivity (Wildman–Crippen MR) is 98.6 cm³/mol. The molecule has 1 aromatic rings. The quantitative estimate of drug-likeness (QED) is 0.854. The van der Waals surface area contributed by atoms with E-state index in [1.165, 1.54) is 11.1 Å². The first kappa shape index (κ1) is 16.7. The number of hydrogen-bond donors (Lipinski definition) is 1. The molecule has 0 bridgehead atoms. The number of allylic oxidation sites excluding steroid dienone is 1. The molecule has 1 N–H and O–H groups in total. The van der Waals surface area contributed by atoms with E-state index in [1.807, 2.05) is 6.07 Å². The highest BCUT2D eigenvalue weighted by Gasteiger charge is 2.38. The molecular formula is C22H28O3. The van der Waals surface area contributed by atoms with Crippen LogP contribution in [0.5, 0.6) is 5.75 Å². The number of benzene rings is 1. The van der Waals surface area contributed by atoms with E-state index in [9.17, 15) is 5.11 Å². The molecule has 3 heteroatoms. The number of phenolic OH excluding ortho intramolecular Hbond substituents is 1. The van der Waals surface area contributed by atoms with Crippen molar-refractivity contribution < 1.29 is 14.6 Å². The fourth-order valence-electron chi connectivity index (χ4n) is 4.47. The van der Waals surface area contributed by atoms with E-state index in [-0.39, 0.29) is 12.0 Å². The number of hydrogen-bond acceptors (Lipinski definition) is 3. The van der Waals surface area contributed by atoms with E-state index in [0.717, 1.165) is 43.4 Å². The van der Waals surface area contributed by atoms with Crippen LogP contribution >= 0.6 is 0 Å². The Labute approximate surface area is 150 Å². The van der Waals surface area contributed by atoms with Gasteiger partial charge in [0, 0.05) is 17.4 Å². The summed E-state index contributed by atoms with van der Waals surface area (Å²) in [6.45, 7) is 4.96. The summed E-state index contributed by atoms with van der Waals surface area (Å²) in [6.07, 6.45) is 10.1. The molecule has 0 aromatic heterocycles. The lowest BCUT2D eigenvalue weighted by Crippen LogP contribution is -2.38. The molecule has 4 rings (SSSR count). The molecule has 2 heterocycles. The van der Waals surface area contributed by atoms with E-state index < -0.39 is 0 Å². The van der Waals surface area contributed by atoms with Gasteiger partial charge in [0.25, 0.3) is 0 Å². The molecule has 4 unspecified atom stereocenters. The minimum absolute atomic E-state index is 0.158. The van der Waals surface area contributed by atoms with Crippen molar-refractivity contribution in [3.05, 3.63) is 52.8 Å². The second-order valence-corrected chi connectivity index (χ2v) is 7.71. The van der Waals surface area contributed by atoms with Crippen molar-refractivity contribution in [2.45, 2.75) is 64.1 Å². The summed E-state index contributed by atoms with van der Waals surface area (Å²) in [5.41, 5.74) is 3.57. The van der Waals surface area contributed by atoms with Gasteiger partial charge in [0.15, 0.2) is 0 Å². The van der Waals surface area contributed by atoms with Crippen molar-refractivity contribution in [1.82, 2.24) is 0 Å². The molecule has 1 fully saturated rings. The van der Waals surface area contributed by atoms with Gasteiger partial charge in [0.2, 0.25) is 0 Å². The van der Waals surface area contributed by atoms with Crippen molar-refractivity contribution in [2.24, 2.45) is 5.92 Å². The Hall–Kier alpha value is -1.74. The van der Waals surface area contributed by atoms with Crippen LogP contribution in [0.3, 0.4) is 0 Å². The molecule has 4 atom stereocenters. The summed E-state index contributed by atoms with van der Waals surface area (Å²) in [6, 6.07) is 6.17. The van der Waals surface area contributed by atoms with E-state index >= 15 is 0 Å². The van der Waals surface area contributed by atoms with Gasteiger partial charge in [0.1, 0.15) is 11.5 Å². The van der Waals surface area contributed by atoms with Gasteiger partial charge < -0.3 is 14.6 Å². The van der Waals surface area contributed by atoms with Crippen LogP contribution in [0.15, 0.2) is 41.7 Å². The van der Waals surface area contributed by atoms with Gasteiger partial charge in [0.05, 0.1) is 18.8 Å². The number of fused-ring (bicyclic) bond motifs is 2. The number of ether oxygens (including phenoxy) is 2. The highest BCUT2D eigenvalue weighted by Crippen LogP contribution is 2.44. The van der Waals surface area contributed by atoms with Crippen molar-refractivity contribution in [1.29, 1.82) is 0 Å². The summed E-state index contributed by atoms with van der Waals surface area (Å²) >= 11 is 0. The first-order valence-corrected chi connectivity index (χ1v) is 9.67. The maximum absolute atomic E-state index is 10.5. The molecule has 1 aliphatic carbocycles. The van der Waals surface area contributed by atoms with Crippen LogP contribution in [0.4, 0.5) is 0 Å². The maximum Gasteiger partial charge on any atom is 0.121 e. The molecule has 1 saturated heterocycles. The molecular weight excluding hydrogens is 312 g/mol. The average molecular weight is 340 g/mol. The van der Waals surface area contributed by atoms with Gasteiger partial charge >= 0.3 is 0 Å². The first-order chi connectivity index (χ1) is 12.2. The van der Waals surface area contributed by atoms with Crippen LogP contribution in [-0.2, 0) is 15.9 Å². The van der Waals surface area contributed by atoms with Crippen molar-refractivity contribution in [2.75, 3.05) is 6.61 Å². The standard InChI is InChI=1S/C22H28O3/c1-3-4-15-6-9-18(20(23)11-15)17-12-16-7-10-21-19(22(16)24-13-17)8-5-14(2)25-21/h6-7,9-11,14,16-17,22-23H,3-5,8,12-13H2,1-2H3. The highest BCUT2D eigenvalue weighted by molar-refractivity contribution is 5.40. The monoisotopic (exact) mass is 340 g/mol. The smallest absolute Gasteiger partial charge is 0.121 e. The Bertz CT molecular complexity index is 703. The predicted octanol–water partition coefficient (Wildman–Crippen LogP) is 4.86. The Kier molecular flexibility index (Phi) is 4.60. The molecule has 0 spiro atoms. The van der Waals surface area contributed by atoms with Crippen LogP contribution in [0.1, 0.15) is 56.6 Å². The van der Waals surface area contributed by atoms with Gasteiger partial charge in [-0.25, -0.2) is 0 Å². The fraction of sp³-hybridized carbons (Fsp3) is 0.545. The Morgan fingerprint density at radius 1 is 1.28 bits per heavy atom. The summed E-state index contributed by atoms with van der Waals surface area (Å²) in [5, 5.41) is 10.5. The Morgan fingerprint density at radius 3 is 2.96 bits per heavy atom. The molecule has 2 aliphatic heterocycles. The topological polar surface area (TPSA) is 38.7 Å². The van der Waals surface area contributed by atoms with E-state index in [2.05, 4.69) is 38.1 Å². The van der Waals surface area contributed by atoms with Gasteiger partial charge in [-0.3, -0.25) is 0 Å². The Balaban J connectivity index is 1.50. The molecule has 0 saturated carbocycles. The third-order valence-electron chi connectivity index (χ3n) is 5.80. The fourth-order valence-corrected chi connectivity index (χ4v) is 4.47. The van der Waals surface area contributed by atoms with Crippen LogP contribution in [0, 0.1) is 5.92 Å². The summed E-state index contributed by atoms with van der Waals surface area (Å²) in [7, 11) is 0. The SMILES string of the molecule is CCCc1ccc(C2COC3C4=C(C=CC3C2)OC(C)CC4)c(O)c1. The van der Waals surface area contributed by atoms with Gasteiger partial charge in [-0.2, -0.15) is 0 Å². The van der Waals surface area contributed by atoms with Crippen molar-refractivity contribution >= 4 is 0 Å². The van der Waals surface area contributed by atoms with Crippen LogP contribution in [0.2, 0.25) is 0 Å². The van der Waals surface area contributed by atoms with E-state index in [4.69, 9.17) is 9.47 Å². The number of aryl methyl sites for hydroxylation is 1. The third kappa shape index (κ3) is 3.22. The third-order valence-corrected chi connectivity index (χ3v) is 5.80. The zero-order chi connectivity index (χ0) is 17.4. The summed E-state index contributed by atoms with van der Waals surface area (Å²) < 4.78 is 12.3. The Morgan fingerprint density at radius 2 is 2.16 bits per heavy atom. The van der Waals surface area contributed by atoms with Gasteiger partial charge in [-0.15, -0.1) is 0 Å². The van der Waals surface area contributed by atoms with Gasteiger partial charge in [-0.05, 0) is 55.9 Å². The summed E-state index contributed by atoms with van der Waals surface area (Å²) in [5.74, 6) is 2.09. The molecule has 25 heavy (non-hydrogen) atoms. The second-order valence-electron chi connectivity index (χ2n) is 7.71. The summed E-state index contributed by atoms with van der Waals surface area (Å²) in [4.78, 5) is 0. The maximum atomic E-state index is 10.5. The van der Waals surface area contributed by atoms with Crippen LogP contribution in [-0.4, -0.2) is 23.9 Å². The number of rotatable bonds is 3. The zero-order valence-electron chi connectivity index (χ0n) is 15.2. The molecule has 3 nitrogen and oxygen atoms in total. The van der Waals surface area contributed by atoms with Gasteiger partial charge in [-0.1, -0.05) is 31.6 Å². The largest absolute Gasteiger partial charge is 0.508 e. The van der Waals surface area contributed by atoms with Crippen LogP contribution in [0.25, 0.3) is 0 Å². The van der Waals surface area contributed by atoms with E-state index in [1.54, 1.807) is 0 Å². The minimum Gasteiger partial charge on any atom is -0.508 e. The molecule has 0 radical (unpaired) electrons. The average Bonchev–Trinajstić information content (AvgIpc) is 2.61. The highest BCUT2D eigenvalue weighted by atomic mass is 16.5. The van der Waals surface area contributed by atoms with Crippen LogP contribution < -0.4 is 0 Å². The lowest BCUT2D eigenvalue weighted by Gasteiger charge is -2.41. The molecule has 1 aromatic carbocycles. The van der Waals surface area contributed by atoms with Crippen molar-refractivity contribution in [3.63, 3.8) is 0 Å².